The third-order valence-corrected chi connectivity index (χ3v) is 2.50. The summed E-state index contributed by atoms with van der Waals surface area (Å²) in [6, 6.07) is 3.67. The van der Waals surface area contributed by atoms with Crippen LogP contribution in [0.25, 0.3) is 0 Å². The zero-order valence-electron chi connectivity index (χ0n) is 8.98. The maximum absolute atomic E-state index is 13.0. The molecule has 0 atom stereocenters. The molecular weight excluding hydrogens is 236 g/mol. The third-order valence-electron chi connectivity index (χ3n) is 2.37. The predicted octanol–water partition coefficient (Wildman–Crippen LogP) is 3.19. The minimum atomic E-state index is -0.900. The number of benzene rings is 1. The van der Waals surface area contributed by atoms with Gasteiger partial charge in [-0.15, -0.1) is 0 Å². The summed E-state index contributed by atoms with van der Waals surface area (Å²) in [6.45, 7) is 3.85. The van der Waals surface area contributed by atoms with Gasteiger partial charge in [-0.05, 0) is 29.3 Å². The van der Waals surface area contributed by atoms with E-state index in [1.165, 1.54) is 6.07 Å². The molecule has 0 saturated carbocycles. The van der Waals surface area contributed by atoms with Crippen molar-refractivity contribution < 1.29 is 13.6 Å². The van der Waals surface area contributed by atoms with Crippen LogP contribution in [-0.4, -0.2) is 11.9 Å². The summed E-state index contributed by atoms with van der Waals surface area (Å²) in [5, 5.41) is 1.76. The second kappa shape index (κ2) is 4.78. The van der Waals surface area contributed by atoms with Crippen LogP contribution in [0.5, 0.6) is 0 Å². The molecule has 0 bridgehead atoms. The highest BCUT2D eigenvalue weighted by Crippen LogP contribution is 2.23. The van der Waals surface area contributed by atoms with Gasteiger partial charge in [0.1, 0.15) is 0 Å². The molecule has 1 aromatic rings. The molecule has 0 unspecified atom stereocenters. The number of carbonyl (C=O) groups excluding carboxylic acids is 1. The summed E-state index contributed by atoms with van der Waals surface area (Å²) in [7, 11) is 0. The molecule has 0 aromatic heterocycles. The SMILES string of the molecule is CC(C)(CNC(=O)Cl)c1ccc(F)c(F)c1. The van der Waals surface area contributed by atoms with Gasteiger partial charge in [0.25, 0.3) is 0 Å². The van der Waals surface area contributed by atoms with E-state index in [-0.39, 0.29) is 6.54 Å². The topological polar surface area (TPSA) is 29.1 Å². The maximum atomic E-state index is 13.0. The number of halogens is 3. The Hall–Kier alpha value is -1.16. The molecule has 1 amide bonds. The number of hydrogen-bond acceptors (Lipinski definition) is 1. The van der Waals surface area contributed by atoms with Gasteiger partial charge in [-0.1, -0.05) is 19.9 Å². The molecule has 0 aliphatic rings. The Balaban J connectivity index is 2.88. The van der Waals surface area contributed by atoms with E-state index in [9.17, 15) is 13.6 Å². The minimum absolute atomic E-state index is 0.250. The monoisotopic (exact) mass is 247 g/mol. The standard InChI is InChI=1S/C11H12ClF2NO/c1-11(2,6-15-10(12)16)7-3-4-8(13)9(14)5-7/h3-5H,6H2,1-2H3,(H,15,16). The Morgan fingerprint density at radius 2 is 2.00 bits per heavy atom. The van der Waals surface area contributed by atoms with Crippen LogP contribution in [0.3, 0.4) is 0 Å². The maximum Gasteiger partial charge on any atom is 0.313 e. The first-order valence-corrected chi connectivity index (χ1v) is 5.09. The molecule has 5 heteroatoms. The fraction of sp³-hybridized carbons (Fsp3) is 0.364. The highest BCUT2D eigenvalue weighted by molar-refractivity contribution is 6.62. The molecular formula is C11H12ClF2NO. The van der Waals surface area contributed by atoms with Crippen molar-refractivity contribution in [1.82, 2.24) is 5.32 Å². The fourth-order valence-corrected chi connectivity index (χ4v) is 1.38. The van der Waals surface area contributed by atoms with Crippen molar-refractivity contribution in [2.24, 2.45) is 0 Å². The first-order valence-electron chi connectivity index (χ1n) is 4.72. The van der Waals surface area contributed by atoms with Crippen LogP contribution in [0.2, 0.25) is 0 Å². The van der Waals surface area contributed by atoms with Crippen molar-refractivity contribution in [3.05, 3.63) is 35.4 Å². The average Bonchev–Trinajstić information content (AvgIpc) is 2.19. The number of hydrogen-bond donors (Lipinski definition) is 1. The fourth-order valence-electron chi connectivity index (χ4n) is 1.31. The molecule has 0 radical (unpaired) electrons. The molecule has 0 fully saturated rings. The molecule has 0 aliphatic heterocycles. The Bertz CT molecular complexity index is 407. The molecule has 1 N–H and O–H groups in total. The highest BCUT2D eigenvalue weighted by Gasteiger charge is 2.22. The van der Waals surface area contributed by atoms with Crippen molar-refractivity contribution in [2.45, 2.75) is 19.3 Å². The lowest BCUT2D eigenvalue weighted by Crippen LogP contribution is -2.34. The zero-order valence-corrected chi connectivity index (χ0v) is 9.74. The third kappa shape index (κ3) is 3.17. The quantitative estimate of drug-likeness (QED) is 0.645. The van der Waals surface area contributed by atoms with E-state index in [2.05, 4.69) is 5.32 Å². The van der Waals surface area contributed by atoms with E-state index in [0.29, 0.717) is 5.56 Å². The van der Waals surface area contributed by atoms with Gasteiger partial charge in [-0.25, -0.2) is 8.78 Å². The molecule has 16 heavy (non-hydrogen) atoms. The van der Waals surface area contributed by atoms with E-state index in [1.807, 2.05) is 0 Å². The van der Waals surface area contributed by atoms with Crippen LogP contribution < -0.4 is 5.32 Å². The molecule has 0 aliphatic carbocycles. The lowest BCUT2D eigenvalue weighted by Gasteiger charge is -2.25. The molecule has 0 saturated heterocycles. The van der Waals surface area contributed by atoms with Crippen LogP contribution in [0.15, 0.2) is 18.2 Å². The van der Waals surface area contributed by atoms with E-state index >= 15 is 0 Å². The van der Waals surface area contributed by atoms with Crippen molar-refractivity contribution in [3.8, 4) is 0 Å². The van der Waals surface area contributed by atoms with Crippen molar-refractivity contribution >= 4 is 17.0 Å². The van der Waals surface area contributed by atoms with E-state index < -0.39 is 22.4 Å². The minimum Gasteiger partial charge on any atom is -0.342 e. The van der Waals surface area contributed by atoms with Gasteiger partial charge in [-0.2, -0.15) is 0 Å². The molecule has 1 rings (SSSR count). The van der Waals surface area contributed by atoms with E-state index in [1.54, 1.807) is 13.8 Å². The second-order valence-corrected chi connectivity index (χ2v) is 4.48. The van der Waals surface area contributed by atoms with Crippen molar-refractivity contribution in [1.29, 1.82) is 0 Å². The summed E-state index contributed by atoms with van der Waals surface area (Å²) >= 11 is 5.14. The van der Waals surface area contributed by atoms with Gasteiger partial charge in [0, 0.05) is 12.0 Å². The second-order valence-electron chi connectivity index (χ2n) is 4.14. The lowest BCUT2D eigenvalue weighted by molar-refractivity contribution is 0.257. The summed E-state index contributed by atoms with van der Waals surface area (Å²) < 4.78 is 25.8. The molecule has 2 nitrogen and oxygen atoms in total. The summed E-state index contributed by atoms with van der Waals surface area (Å²) in [5.41, 5.74) is 0.0795. The van der Waals surface area contributed by atoms with Gasteiger partial charge < -0.3 is 5.32 Å². The molecule has 0 spiro atoms. The van der Waals surface area contributed by atoms with Crippen molar-refractivity contribution in [2.75, 3.05) is 6.54 Å². The van der Waals surface area contributed by atoms with Gasteiger partial charge in [0.2, 0.25) is 0 Å². The first kappa shape index (κ1) is 12.9. The number of nitrogens with one attached hydrogen (secondary N) is 1. The van der Waals surface area contributed by atoms with Crippen LogP contribution in [-0.2, 0) is 5.41 Å². The summed E-state index contributed by atoms with van der Waals surface area (Å²) in [6.07, 6.45) is 0. The van der Waals surface area contributed by atoms with Gasteiger partial charge in [-0.3, -0.25) is 4.79 Å². The van der Waals surface area contributed by atoms with Gasteiger partial charge in [0.15, 0.2) is 11.6 Å². The van der Waals surface area contributed by atoms with Crippen LogP contribution in [0.4, 0.5) is 13.6 Å². The largest absolute Gasteiger partial charge is 0.342 e. The highest BCUT2D eigenvalue weighted by atomic mass is 35.5. The van der Waals surface area contributed by atoms with Gasteiger partial charge in [0.05, 0.1) is 0 Å². The van der Waals surface area contributed by atoms with E-state index in [4.69, 9.17) is 11.6 Å². The molecule has 1 aromatic carbocycles. The van der Waals surface area contributed by atoms with Crippen LogP contribution in [0.1, 0.15) is 19.4 Å². The smallest absolute Gasteiger partial charge is 0.313 e. The number of amides is 1. The number of carbonyl (C=O) groups is 1. The Kier molecular flexibility index (Phi) is 3.86. The zero-order chi connectivity index (χ0) is 12.3. The lowest BCUT2D eigenvalue weighted by atomic mass is 9.84. The normalized spacial score (nSPS) is 11.3. The molecule has 0 heterocycles. The average molecular weight is 248 g/mol. The first-order chi connectivity index (χ1) is 7.33. The Morgan fingerprint density at radius 3 is 2.50 bits per heavy atom. The summed E-state index contributed by atoms with van der Waals surface area (Å²) in [4.78, 5) is 10.6. The van der Waals surface area contributed by atoms with E-state index in [0.717, 1.165) is 12.1 Å². The van der Waals surface area contributed by atoms with Gasteiger partial charge >= 0.3 is 5.37 Å². The Labute approximate surface area is 97.6 Å². The molecule has 88 valence electrons. The predicted molar refractivity (Wildman–Crippen MR) is 58.6 cm³/mol. The van der Waals surface area contributed by atoms with Crippen LogP contribution in [0, 0.1) is 11.6 Å². The summed E-state index contributed by atoms with van der Waals surface area (Å²) in [5.74, 6) is -1.79. The van der Waals surface area contributed by atoms with Crippen molar-refractivity contribution in [3.63, 3.8) is 0 Å². The number of rotatable bonds is 3. The van der Waals surface area contributed by atoms with Crippen LogP contribution >= 0.6 is 11.6 Å². The Morgan fingerprint density at radius 1 is 1.38 bits per heavy atom.